The number of ether oxygens (including phenoxy) is 2. The molecule has 2 heterocycles. The first kappa shape index (κ1) is 24.0. The second kappa shape index (κ2) is 9.87. The lowest BCUT2D eigenvalue weighted by Gasteiger charge is -2.46. The third kappa shape index (κ3) is 5.98. The Bertz CT molecular complexity index is 776. The van der Waals surface area contributed by atoms with Gasteiger partial charge in [0.25, 0.3) is 0 Å². The van der Waals surface area contributed by atoms with Crippen LogP contribution in [0.25, 0.3) is 0 Å². The molecule has 2 aliphatic rings. The molecule has 10 heteroatoms. The highest BCUT2D eigenvalue weighted by Crippen LogP contribution is 2.29. The quantitative estimate of drug-likeness (QED) is 0.593. The highest BCUT2D eigenvalue weighted by molar-refractivity contribution is 6.30. The first-order chi connectivity index (χ1) is 14.6. The number of nitrogens with zero attached hydrogens (tertiary/aromatic N) is 2. The summed E-state index contributed by atoms with van der Waals surface area (Å²) in [5.74, 6) is -0.432. The summed E-state index contributed by atoms with van der Waals surface area (Å²) in [7, 11) is 0. The molecule has 2 atom stereocenters. The van der Waals surface area contributed by atoms with Crippen LogP contribution in [0.2, 0.25) is 5.02 Å². The Kier molecular flexibility index (Phi) is 7.64. The Balaban J connectivity index is 1.56. The number of aliphatic hydroxyl groups excluding tert-OH is 1. The zero-order chi connectivity index (χ0) is 22.6. The summed E-state index contributed by atoms with van der Waals surface area (Å²) < 4.78 is 24.1. The first-order valence-corrected chi connectivity index (χ1v) is 10.9. The average Bonchev–Trinajstić information content (AvgIpc) is 2.72. The molecule has 0 bridgehead atoms. The summed E-state index contributed by atoms with van der Waals surface area (Å²) >= 11 is 5.67. The highest BCUT2D eigenvalue weighted by Gasteiger charge is 2.44. The van der Waals surface area contributed by atoms with Crippen LogP contribution in [0, 0.1) is 5.82 Å². The smallest absolute Gasteiger partial charge is 0.409 e. The molecule has 0 saturated carbocycles. The number of hydrogen-bond acceptors (Lipinski definition) is 7. The Morgan fingerprint density at radius 1 is 1.29 bits per heavy atom. The van der Waals surface area contributed by atoms with Gasteiger partial charge in [0.05, 0.1) is 23.3 Å². The molecule has 3 N–H and O–H groups in total. The standard InChI is InChI=1S/C21H30ClFN2O6/c1-2-30-19(27)25-9-6-20(28,7-10-25)12-24-8-5-18(26)21(29,13-24)14-31-15-3-4-16(22)17(23)11-15/h3-4,11,18,26,28-29H,2,5-10,12-14H2,1H3/t18-,21-/m0/s1. The maximum atomic E-state index is 13.6. The van der Waals surface area contributed by atoms with E-state index in [1.165, 1.54) is 12.1 Å². The molecular weight excluding hydrogens is 431 g/mol. The minimum Gasteiger partial charge on any atom is -0.490 e. The molecule has 3 rings (SSSR count). The topological polar surface area (TPSA) is 103 Å². The molecule has 0 radical (unpaired) electrons. The van der Waals surface area contributed by atoms with Crippen LogP contribution >= 0.6 is 11.6 Å². The Morgan fingerprint density at radius 3 is 2.65 bits per heavy atom. The van der Waals surface area contributed by atoms with Crippen LogP contribution in [0.5, 0.6) is 5.75 Å². The number of benzene rings is 1. The Morgan fingerprint density at radius 2 is 2.00 bits per heavy atom. The zero-order valence-corrected chi connectivity index (χ0v) is 18.4. The second-order valence-electron chi connectivity index (χ2n) is 8.39. The van der Waals surface area contributed by atoms with Crippen LogP contribution in [0.15, 0.2) is 18.2 Å². The van der Waals surface area contributed by atoms with E-state index in [1.54, 1.807) is 11.8 Å². The molecule has 0 unspecified atom stereocenters. The minimum atomic E-state index is -1.57. The third-order valence-electron chi connectivity index (χ3n) is 5.95. The molecule has 0 aliphatic carbocycles. The summed E-state index contributed by atoms with van der Waals surface area (Å²) in [4.78, 5) is 15.3. The number of β-amino-alcohol motifs (C(OH)–C–C–N with tert-alkyl or cyclic N) is 2. The summed E-state index contributed by atoms with van der Waals surface area (Å²) in [6.45, 7) is 3.49. The number of likely N-dealkylation sites (tertiary alicyclic amines) is 2. The van der Waals surface area contributed by atoms with E-state index < -0.39 is 23.1 Å². The summed E-state index contributed by atoms with van der Waals surface area (Å²) in [6.07, 6.45) is -0.301. The van der Waals surface area contributed by atoms with E-state index in [0.717, 1.165) is 6.07 Å². The first-order valence-electron chi connectivity index (χ1n) is 10.5. The molecule has 2 fully saturated rings. The van der Waals surface area contributed by atoms with Gasteiger partial charge in [-0.3, -0.25) is 4.90 Å². The predicted molar refractivity (Wildman–Crippen MR) is 112 cm³/mol. The van der Waals surface area contributed by atoms with Crippen molar-refractivity contribution in [2.75, 3.05) is 45.9 Å². The van der Waals surface area contributed by atoms with E-state index in [2.05, 4.69) is 0 Å². The molecule has 1 aromatic carbocycles. The monoisotopic (exact) mass is 460 g/mol. The van der Waals surface area contributed by atoms with Crippen LogP contribution in [0.3, 0.4) is 0 Å². The van der Waals surface area contributed by atoms with Gasteiger partial charge in [0.2, 0.25) is 0 Å². The summed E-state index contributed by atoms with van der Waals surface area (Å²) in [6, 6.07) is 3.97. The molecule has 31 heavy (non-hydrogen) atoms. The average molecular weight is 461 g/mol. The summed E-state index contributed by atoms with van der Waals surface area (Å²) in [5, 5.41) is 32.3. The van der Waals surface area contributed by atoms with Crippen LogP contribution < -0.4 is 4.74 Å². The number of carbonyl (C=O) groups excluding carboxylic acids is 1. The largest absolute Gasteiger partial charge is 0.490 e. The van der Waals surface area contributed by atoms with E-state index in [-0.39, 0.29) is 30.0 Å². The van der Waals surface area contributed by atoms with Crippen LogP contribution in [-0.2, 0) is 4.74 Å². The maximum Gasteiger partial charge on any atom is 0.409 e. The fraction of sp³-hybridized carbons (Fsp3) is 0.667. The van der Waals surface area contributed by atoms with Gasteiger partial charge in [0.15, 0.2) is 0 Å². The van der Waals surface area contributed by atoms with Crippen LogP contribution in [-0.4, -0.2) is 94.5 Å². The molecule has 2 aliphatic heterocycles. The zero-order valence-electron chi connectivity index (χ0n) is 17.6. The van der Waals surface area contributed by atoms with Crippen molar-refractivity contribution in [3.05, 3.63) is 29.0 Å². The van der Waals surface area contributed by atoms with Crippen molar-refractivity contribution < 1.29 is 34.0 Å². The van der Waals surface area contributed by atoms with Gasteiger partial charge in [-0.05, 0) is 38.3 Å². The number of hydrogen-bond donors (Lipinski definition) is 3. The lowest BCUT2D eigenvalue weighted by molar-refractivity contribution is -0.150. The predicted octanol–water partition coefficient (Wildman–Crippen LogP) is 1.64. The number of carbonyl (C=O) groups is 1. The molecular formula is C21H30ClFN2O6. The summed E-state index contributed by atoms with van der Waals surface area (Å²) in [5.41, 5.74) is -2.58. The Hall–Kier alpha value is -1.65. The van der Waals surface area contributed by atoms with Crippen molar-refractivity contribution in [3.63, 3.8) is 0 Å². The normalized spacial score (nSPS) is 26.5. The van der Waals surface area contributed by atoms with Gasteiger partial charge in [-0.15, -0.1) is 0 Å². The van der Waals surface area contributed by atoms with Gasteiger partial charge in [-0.25, -0.2) is 9.18 Å². The van der Waals surface area contributed by atoms with Gasteiger partial charge in [-0.1, -0.05) is 11.6 Å². The number of aliphatic hydroxyl groups is 3. The van der Waals surface area contributed by atoms with E-state index in [4.69, 9.17) is 21.1 Å². The molecule has 8 nitrogen and oxygen atoms in total. The maximum absolute atomic E-state index is 13.6. The molecule has 2 saturated heterocycles. The van der Waals surface area contributed by atoms with Crippen molar-refractivity contribution >= 4 is 17.7 Å². The van der Waals surface area contributed by atoms with Crippen molar-refractivity contribution in [1.29, 1.82) is 0 Å². The molecule has 0 aromatic heterocycles. The van der Waals surface area contributed by atoms with E-state index in [9.17, 15) is 24.5 Å². The van der Waals surface area contributed by atoms with E-state index in [1.807, 2.05) is 4.90 Å². The number of rotatable bonds is 6. The van der Waals surface area contributed by atoms with Gasteiger partial charge in [0, 0.05) is 38.8 Å². The van der Waals surface area contributed by atoms with Crippen LogP contribution in [0.1, 0.15) is 26.2 Å². The number of halogens is 2. The third-order valence-corrected chi connectivity index (χ3v) is 6.26. The molecule has 1 aromatic rings. The lowest BCUT2D eigenvalue weighted by atomic mass is 9.86. The van der Waals surface area contributed by atoms with Gasteiger partial charge in [-0.2, -0.15) is 0 Å². The van der Waals surface area contributed by atoms with Gasteiger partial charge >= 0.3 is 6.09 Å². The van der Waals surface area contributed by atoms with Crippen molar-refractivity contribution in [2.24, 2.45) is 0 Å². The minimum absolute atomic E-state index is 0.0304. The Labute approximate surface area is 186 Å². The molecule has 0 spiro atoms. The molecule has 1 amide bonds. The van der Waals surface area contributed by atoms with Gasteiger partial charge < -0.3 is 29.7 Å². The van der Waals surface area contributed by atoms with E-state index in [0.29, 0.717) is 52.0 Å². The highest BCUT2D eigenvalue weighted by atomic mass is 35.5. The molecule has 174 valence electrons. The number of amides is 1. The number of piperidine rings is 2. The second-order valence-corrected chi connectivity index (χ2v) is 8.80. The fourth-order valence-electron chi connectivity index (χ4n) is 4.09. The van der Waals surface area contributed by atoms with Gasteiger partial charge in [0.1, 0.15) is 23.8 Å². The SMILES string of the molecule is CCOC(=O)N1CCC(O)(CN2CC[C@H](O)[C@@](O)(COc3ccc(Cl)c(F)c3)C2)CC1. The fourth-order valence-corrected chi connectivity index (χ4v) is 4.21. The van der Waals surface area contributed by atoms with E-state index >= 15 is 0 Å². The lowest BCUT2D eigenvalue weighted by Crippen LogP contribution is -2.62. The van der Waals surface area contributed by atoms with Crippen molar-refractivity contribution in [1.82, 2.24) is 9.80 Å². The van der Waals surface area contributed by atoms with Crippen molar-refractivity contribution in [3.8, 4) is 5.75 Å². The van der Waals surface area contributed by atoms with Crippen molar-refractivity contribution in [2.45, 2.75) is 43.5 Å². The van der Waals surface area contributed by atoms with Crippen LogP contribution in [0.4, 0.5) is 9.18 Å².